The van der Waals surface area contributed by atoms with Gasteiger partial charge in [0.15, 0.2) is 0 Å². The summed E-state index contributed by atoms with van der Waals surface area (Å²) in [6.45, 7) is 1.68. The van der Waals surface area contributed by atoms with E-state index in [0.29, 0.717) is 19.4 Å². The fourth-order valence-electron chi connectivity index (χ4n) is 2.29. The summed E-state index contributed by atoms with van der Waals surface area (Å²) >= 11 is 0. The van der Waals surface area contributed by atoms with Gasteiger partial charge in [0.05, 0.1) is 24.6 Å². The topological polar surface area (TPSA) is 57.6 Å². The molecule has 1 fully saturated rings. The lowest BCUT2D eigenvalue weighted by atomic mass is 9.98. The van der Waals surface area contributed by atoms with Crippen LogP contribution in [0.1, 0.15) is 39.0 Å². The number of alkyl halides is 1. The van der Waals surface area contributed by atoms with Crippen molar-refractivity contribution in [1.82, 2.24) is 4.31 Å². The van der Waals surface area contributed by atoms with Gasteiger partial charge in [0, 0.05) is 6.54 Å². The van der Waals surface area contributed by atoms with Crippen LogP contribution in [0, 0.1) is 0 Å². The Morgan fingerprint density at radius 2 is 2.18 bits per heavy atom. The number of aliphatic hydroxyl groups excluding tert-OH is 1. The number of piperidine rings is 1. The third-order valence-corrected chi connectivity index (χ3v) is 5.23. The van der Waals surface area contributed by atoms with E-state index < -0.39 is 22.8 Å². The molecule has 6 heteroatoms. The van der Waals surface area contributed by atoms with E-state index in [0.717, 1.165) is 12.8 Å². The van der Waals surface area contributed by atoms with Crippen LogP contribution < -0.4 is 0 Å². The maximum absolute atomic E-state index is 12.1. The molecule has 0 radical (unpaired) electrons. The molecular formula is C11H22FNO3S. The third kappa shape index (κ3) is 3.89. The summed E-state index contributed by atoms with van der Waals surface area (Å²) in [6, 6.07) is -0.321. The van der Waals surface area contributed by atoms with Gasteiger partial charge in [0.1, 0.15) is 0 Å². The minimum Gasteiger partial charge on any atom is -0.391 e. The molecule has 0 saturated carbocycles. The van der Waals surface area contributed by atoms with Gasteiger partial charge < -0.3 is 5.11 Å². The van der Waals surface area contributed by atoms with Gasteiger partial charge in [0.2, 0.25) is 10.0 Å². The Morgan fingerprint density at radius 1 is 1.47 bits per heavy atom. The Kier molecular flexibility index (Phi) is 5.82. The van der Waals surface area contributed by atoms with Crippen molar-refractivity contribution in [2.24, 2.45) is 0 Å². The zero-order valence-corrected chi connectivity index (χ0v) is 11.1. The van der Waals surface area contributed by atoms with E-state index in [1.165, 1.54) is 4.31 Å². The molecule has 102 valence electrons. The van der Waals surface area contributed by atoms with Crippen LogP contribution in [0.5, 0.6) is 0 Å². The number of rotatable bonds is 6. The summed E-state index contributed by atoms with van der Waals surface area (Å²) in [7, 11) is -3.42. The van der Waals surface area contributed by atoms with Gasteiger partial charge in [-0.3, -0.25) is 4.39 Å². The van der Waals surface area contributed by atoms with Crippen LogP contribution in [-0.4, -0.2) is 48.9 Å². The van der Waals surface area contributed by atoms with Crippen LogP contribution in [0.3, 0.4) is 0 Å². The first-order valence-electron chi connectivity index (χ1n) is 6.26. The second-order valence-corrected chi connectivity index (χ2v) is 6.55. The number of halogens is 1. The molecule has 1 heterocycles. The molecule has 0 amide bonds. The Labute approximate surface area is 103 Å². The molecule has 0 aromatic heterocycles. The highest BCUT2D eigenvalue weighted by Gasteiger charge is 2.35. The fourth-order valence-corrected chi connectivity index (χ4v) is 4.06. The molecule has 1 aliphatic rings. The quantitative estimate of drug-likeness (QED) is 0.789. The summed E-state index contributed by atoms with van der Waals surface area (Å²) in [5.41, 5.74) is 0. The zero-order chi connectivity index (χ0) is 12.9. The van der Waals surface area contributed by atoms with E-state index in [2.05, 4.69) is 0 Å². The first-order valence-corrected chi connectivity index (χ1v) is 7.87. The van der Waals surface area contributed by atoms with Gasteiger partial charge in [-0.05, 0) is 25.7 Å². The van der Waals surface area contributed by atoms with Crippen molar-refractivity contribution >= 4 is 10.0 Å². The van der Waals surface area contributed by atoms with Crippen molar-refractivity contribution < 1.29 is 17.9 Å². The molecule has 0 bridgehead atoms. The Hall–Kier alpha value is -0.200. The van der Waals surface area contributed by atoms with E-state index >= 15 is 0 Å². The van der Waals surface area contributed by atoms with E-state index in [1.807, 2.05) is 6.92 Å². The number of hydrogen-bond acceptors (Lipinski definition) is 3. The van der Waals surface area contributed by atoms with Crippen molar-refractivity contribution in [3.63, 3.8) is 0 Å². The molecule has 1 aliphatic heterocycles. The van der Waals surface area contributed by atoms with Crippen LogP contribution in [0.25, 0.3) is 0 Å². The lowest BCUT2D eigenvalue weighted by Gasteiger charge is -2.37. The summed E-state index contributed by atoms with van der Waals surface area (Å²) in [4.78, 5) is 0. The molecule has 1 rings (SSSR count). The Balaban J connectivity index is 2.76. The number of sulfonamides is 1. The van der Waals surface area contributed by atoms with Gasteiger partial charge in [0.25, 0.3) is 0 Å². The predicted molar refractivity (Wildman–Crippen MR) is 65.0 cm³/mol. The van der Waals surface area contributed by atoms with Crippen LogP contribution in [0.2, 0.25) is 0 Å². The van der Waals surface area contributed by atoms with Crippen LogP contribution in [0.15, 0.2) is 0 Å². The maximum Gasteiger partial charge on any atom is 0.214 e. The number of nitrogens with zero attached hydrogens (tertiary/aromatic N) is 1. The summed E-state index contributed by atoms with van der Waals surface area (Å²) in [5.74, 6) is -0.156. The lowest BCUT2D eigenvalue weighted by molar-refractivity contribution is 0.0667. The number of hydrogen-bond donors (Lipinski definition) is 1. The average Bonchev–Trinajstić information content (AvgIpc) is 2.35. The third-order valence-electron chi connectivity index (χ3n) is 3.25. The van der Waals surface area contributed by atoms with Crippen molar-refractivity contribution in [2.75, 3.05) is 19.0 Å². The average molecular weight is 267 g/mol. The predicted octanol–water partition coefficient (Wildman–Crippen LogP) is 1.30. The Bertz CT molecular complexity index is 321. The minimum absolute atomic E-state index is 0.0355. The smallest absolute Gasteiger partial charge is 0.214 e. The standard InChI is InChI=1S/C11H22FNO3S/c1-2-11(14)10-6-3-4-8-13(10)17(15,16)9-5-7-12/h10-11,14H,2-9H2,1H3. The van der Waals surface area contributed by atoms with Gasteiger partial charge in [-0.2, -0.15) is 4.31 Å². The van der Waals surface area contributed by atoms with Gasteiger partial charge in [-0.25, -0.2) is 8.42 Å². The van der Waals surface area contributed by atoms with Crippen molar-refractivity contribution in [3.05, 3.63) is 0 Å². The molecule has 1 saturated heterocycles. The van der Waals surface area contributed by atoms with E-state index in [9.17, 15) is 17.9 Å². The van der Waals surface area contributed by atoms with Crippen molar-refractivity contribution in [2.45, 2.75) is 51.2 Å². The van der Waals surface area contributed by atoms with Gasteiger partial charge in [-0.15, -0.1) is 0 Å². The normalized spacial score (nSPS) is 24.8. The Morgan fingerprint density at radius 3 is 2.76 bits per heavy atom. The first kappa shape index (κ1) is 14.9. The highest BCUT2D eigenvalue weighted by Crippen LogP contribution is 2.24. The van der Waals surface area contributed by atoms with Crippen molar-refractivity contribution in [1.29, 1.82) is 0 Å². The molecule has 0 aliphatic carbocycles. The molecule has 2 atom stereocenters. The SMILES string of the molecule is CCC(O)C1CCCCN1S(=O)(=O)CCCF. The zero-order valence-electron chi connectivity index (χ0n) is 10.3. The molecule has 0 spiro atoms. The van der Waals surface area contributed by atoms with E-state index in [1.54, 1.807) is 0 Å². The summed E-state index contributed by atoms with van der Waals surface area (Å²) < 4.78 is 37.5. The minimum atomic E-state index is -3.42. The monoisotopic (exact) mass is 267 g/mol. The van der Waals surface area contributed by atoms with Crippen LogP contribution in [0.4, 0.5) is 4.39 Å². The first-order chi connectivity index (χ1) is 8.03. The summed E-state index contributed by atoms with van der Waals surface area (Å²) in [6.07, 6.45) is 2.42. The van der Waals surface area contributed by atoms with E-state index in [-0.39, 0.29) is 18.2 Å². The van der Waals surface area contributed by atoms with Crippen molar-refractivity contribution in [3.8, 4) is 0 Å². The highest BCUT2D eigenvalue weighted by molar-refractivity contribution is 7.89. The van der Waals surface area contributed by atoms with Gasteiger partial charge in [-0.1, -0.05) is 13.3 Å². The lowest BCUT2D eigenvalue weighted by Crippen LogP contribution is -2.50. The molecule has 4 nitrogen and oxygen atoms in total. The second kappa shape index (κ2) is 6.66. The molecule has 0 aromatic rings. The maximum atomic E-state index is 12.1. The molecular weight excluding hydrogens is 245 g/mol. The highest BCUT2D eigenvalue weighted by atomic mass is 32.2. The molecule has 1 N–H and O–H groups in total. The second-order valence-electron chi connectivity index (χ2n) is 4.51. The van der Waals surface area contributed by atoms with Crippen LogP contribution >= 0.6 is 0 Å². The van der Waals surface area contributed by atoms with E-state index in [4.69, 9.17) is 0 Å². The van der Waals surface area contributed by atoms with Gasteiger partial charge >= 0.3 is 0 Å². The van der Waals surface area contributed by atoms with Crippen LogP contribution in [-0.2, 0) is 10.0 Å². The largest absolute Gasteiger partial charge is 0.391 e. The molecule has 17 heavy (non-hydrogen) atoms. The molecule has 2 unspecified atom stereocenters. The summed E-state index contributed by atoms with van der Waals surface area (Å²) in [5, 5.41) is 9.86. The fraction of sp³-hybridized carbons (Fsp3) is 1.00. The number of aliphatic hydroxyl groups is 1. The molecule has 0 aromatic carbocycles.